The Bertz CT molecular complexity index is 921. The Kier molecular flexibility index (Phi) is 36.3. The first-order chi connectivity index (χ1) is 25.6. The van der Waals surface area contributed by atoms with Gasteiger partial charge in [-0.25, -0.2) is 4.57 Å². The van der Waals surface area contributed by atoms with E-state index in [-0.39, 0.29) is 19.4 Å². The molecule has 0 amide bonds. The number of carboxylic acid groups (broad SMARTS) is 1. The Balaban J connectivity index is 4.18. The molecule has 0 fully saturated rings. The Labute approximate surface area is 323 Å². The minimum Gasteiger partial charge on any atom is -0.480 e. The summed E-state index contributed by atoms with van der Waals surface area (Å²) in [5.41, 5.74) is 5.32. The Morgan fingerprint density at radius 3 is 1.19 bits per heavy atom. The van der Waals surface area contributed by atoms with Gasteiger partial charge in [0.15, 0.2) is 6.10 Å². The fourth-order valence-corrected chi connectivity index (χ4v) is 6.96. The summed E-state index contributed by atoms with van der Waals surface area (Å²) in [5, 5.41) is 8.86. The third-order valence-corrected chi connectivity index (χ3v) is 10.6. The largest absolute Gasteiger partial charge is 0.480 e. The lowest BCUT2D eigenvalue weighted by atomic mass is 10.0. The number of nitrogens with two attached hydrogens (primary N) is 1. The van der Waals surface area contributed by atoms with Gasteiger partial charge in [-0.3, -0.25) is 23.4 Å². The summed E-state index contributed by atoms with van der Waals surface area (Å²) in [5.74, 6) is -2.37. The second-order valence-corrected chi connectivity index (χ2v) is 16.3. The monoisotopic (exact) mass is 778 g/mol. The molecule has 0 rings (SSSR count). The number of unbranched alkanes of at least 4 members (excludes halogenated alkanes) is 27. The molecule has 0 aromatic carbocycles. The van der Waals surface area contributed by atoms with Crippen molar-refractivity contribution in [3.05, 3.63) is 0 Å². The highest BCUT2D eigenvalue weighted by Gasteiger charge is 2.28. The summed E-state index contributed by atoms with van der Waals surface area (Å²) < 4.78 is 32.6. The van der Waals surface area contributed by atoms with Crippen molar-refractivity contribution in [3.8, 4) is 0 Å². The number of esters is 2. The van der Waals surface area contributed by atoms with Gasteiger partial charge in [-0.15, -0.1) is 0 Å². The van der Waals surface area contributed by atoms with E-state index in [0.717, 1.165) is 38.5 Å². The number of carbonyl (C=O) groups excluding carboxylic acids is 2. The van der Waals surface area contributed by atoms with Gasteiger partial charge in [-0.2, -0.15) is 0 Å². The van der Waals surface area contributed by atoms with Crippen molar-refractivity contribution >= 4 is 25.7 Å². The molecular weight excluding hydrogens is 697 g/mol. The zero-order valence-electron chi connectivity index (χ0n) is 33.9. The zero-order chi connectivity index (χ0) is 39.3. The van der Waals surface area contributed by atoms with Gasteiger partial charge in [0.2, 0.25) is 0 Å². The average molecular weight is 778 g/mol. The lowest BCUT2D eigenvalue weighted by Gasteiger charge is -2.20. The smallest absolute Gasteiger partial charge is 0.472 e. The maximum absolute atomic E-state index is 12.6. The Morgan fingerprint density at radius 2 is 0.830 bits per heavy atom. The van der Waals surface area contributed by atoms with Crippen LogP contribution in [0.25, 0.3) is 0 Å². The molecule has 314 valence electrons. The number of phosphoric ester groups is 1. The normalized spacial score (nSPS) is 13.7. The van der Waals surface area contributed by atoms with Crippen LogP contribution in [-0.4, -0.2) is 59.9 Å². The zero-order valence-corrected chi connectivity index (χ0v) is 34.8. The molecule has 0 radical (unpaired) electrons. The first-order valence-electron chi connectivity index (χ1n) is 21.6. The first-order valence-corrected chi connectivity index (χ1v) is 23.1. The van der Waals surface area contributed by atoms with Gasteiger partial charge < -0.3 is 25.2 Å². The summed E-state index contributed by atoms with van der Waals surface area (Å²) >= 11 is 0. The van der Waals surface area contributed by atoms with Crippen LogP contribution in [0.5, 0.6) is 0 Å². The molecule has 0 aromatic rings. The SMILES string of the molecule is CCCCCCCCCCCCCCCCCCCCCCCC(=O)OC(COC(=O)CCCCCCCCCC)COP(=O)(O)OCC(N)C(=O)O. The van der Waals surface area contributed by atoms with Crippen molar-refractivity contribution in [1.82, 2.24) is 0 Å². The molecule has 0 bridgehead atoms. The van der Waals surface area contributed by atoms with Crippen LogP contribution >= 0.6 is 7.82 Å². The number of hydrogen-bond acceptors (Lipinski definition) is 9. The van der Waals surface area contributed by atoms with E-state index in [9.17, 15) is 23.8 Å². The number of carboxylic acids is 1. The molecule has 12 heteroatoms. The molecule has 0 saturated heterocycles. The van der Waals surface area contributed by atoms with E-state index < -0.39 is 51.1 Å². The molecule has 0 aliphatic heterocycles. The lowest BCUT2D eigenvalue weighted by molar-refractivity contribution is -0.161. The van der Waals surface area contributed by atoms with Crippen LogP contribution in [0, 0.1) is 0 Å². The number of aliphatic carboxylic acids is 1. The topological polar surface area (TPSA) is 172 Å². The van der Waals surface area contributed by atoms with E-state index in [1.54, 1.807) is 0 Å². The van der Waals surface area contributed by atoms with Crippen LogP contribution in [0.3, 0.4) is 0 Å². The fraction of sp³-hybridized carbons (Fsp3) is 0.927. The lowest BCUT2D eigenvalue weighted by Crippen LogP contribution is -2.34. The van der Waals surface area contributed by atoms with Crippen molar-refractivity contribution in [2.24, 2.45) is 5.73 Å². The summed E-state index contributed by atoms with van der Waals surface area (Å²) in [7, 11) is -4.70. The number of hydrogen-bond donors (Lipinski definition) is 3. The van der Waals surface area contributed by atoms with Gasteiger partial charge in [0.1, 0.15) is 12.6 Å². The molecule has 0 aromatic heterocycles. The van der Waals surface area contributed by atoms with E-state index in [2.05, 4.69) is 18.4 Å². The molecule has 53 heavy (non-hydrogen) atoms. The molecule has 0 aliphatic rings. The second-order valence-electron chi connectivity index (χ2n) is 14.8. The minimum absolute atomic E-state index is 0.169. The van der Waals surface area contributed by atoms with Gasteiger partial charge in [0.25, 0.3) is 0 Å². The number of carbonyl (C=O) groups is 3. The fourth-order valence-electron chi connectivity index (χ4n) is 6.18. The molecule has 3 unspecified atom stereocenters. The van der Waals surface area contributed by atoms with Crippen molar-refractivity contribution in [1.29, 1.82) is 0 Å². The van der Waals surface area contributed by atoms with Gasteiger partial charge in [-0.05, 0) is 12.8 Å². The molecule has 0 spiro atoms. The highest BCUT2D eigenvalue weighted by Crippen LogP contribution is 2.43. The van der Waals surface area contributed by atoms with E-state index >= 15 is 0 Å². The van der Waals surface area contributed by atoms with E-state index in [0.29, 0.717) is 12.8 Å². The first kappa shape index (κ1) is 51.5. The summed E-state index contributed by atoms with van der Waals surface area (Å²) in [6, 6.07) is -1.51. The molecule has 11 nitrogen and oxygen atoms in total. The second kappa shape index (κ2) is 37.4. The number of rotatable bonds is 41. The highest BCUT2D eigenvalue weighted by molar-refractivity contribution is 7.47. The van der Waals surface area contributed by atoms with Crippen molar-refractivity contribution in [2.45, 2.75) is 225 Å². The third kappa shape index (κ3) is 37.2. The molecule has 3 atom stereocenters. The van der Waals surface area contributed by atoms with Crippen molar-refractivity contribution in [3.63, 3.8) is 0 Å². The average Bonchev–Trinajstić information content (AvgIpc) is 3.13. The number of ether oxygens (including phenoxy) is 2. The maximum Gasteiger partial charge on any atom is 0.472 e. The predicted octanol–water partition coefficient (Wildman–Crippen LogP) is 11.1. The Morgan fingerprint density at radius 1 is 0.509 bits per heavy atom. The van der Waals surface area contributed by atoms with Crippen molar-refractivity contribution in [2.75, 3.05) is 19.8 Å². The molecule has 0 heterocycles. The third-order valence-electron chi connectivity index (χ3n) is 9.61. The van der Waals surface area contributed by atoms with Gasteiger partial charge in [0, 0.05) is 12.8 Å². The van der Waals surface area contributed by atoms with Gasteiger partial charge in [0.05, 0.1) is 13.2 Å². The Hall–Kier alpha value is -1.52. The predicted molar refractivity (Wildman–Crippen MR) is 213 cm³/mol. The standard InChI is InChI=1S/C41H80NO10P/c1-3-5-7-9-11-13-14-15-16-17-18-19-20-21-22-23-24-25-27-29-31-33-40(44)52-37(35-50-53(47,48)51-36-38(42)41(45)46)34-49-39(43)32-30-28-26-12-10-8-6-4-2/h37-38H,3-36,42H2,1-2H3,(H,45,46)(H,47,48). The molecular formula is C41H80NO10P. The number of phosphoric acid groups is 1. The van der Waals surface area contributed by atoms with E-state index in [1.807, 2.05) is 0 Å². The molecule has 0 aliphatic carbocycles. The highest BCUT2D eigenvalue weighted by atomic mass is 31.2. The molecule has 4 N–H and O–H groups in total. The van der Waals surface area contributed by atoms with Crippen LogP contribution in [0.4, 0.5) is 0 Å². The molecule has 0 saturated carbocycles. The van der Waals surface area contributed by atoms with Crippen LogP contribution in [0.15, 0.2) is 0 Å². The van der Waals surface area contributed by atoms with Crippen LogP contribution in [0.1, 0.15) is 213 Å². The van der Waals surface area contributed by atoms with E-state index in [1.165, 1.54) is 135 Å². The summed E-state index contributed by atoms with van der Waals surface area (Å²) in [6.45, 7) is 2.79. The van der Waals surface area contributed by atoms with Gasteiger partial charge >= 0.3 is 25.7 Å². The van der Waals surface area contributed by atoms with Crippen molar-refractivity contribution < 1.29 is 47.5 Å². The maximum atomic E-state index is 12.6. The van der Waals surface area contributed by atoms with Crippen LogP contribution in [0.2, 0.25) is 0 Å². The minimum atomic E-state index is -4.70. The van der Waals surface area contributed by atoms with Gasteiger partial charge in [-0.1, -0.05) is 187 Å². The van der Waals surface area contributed by atoms with Crippen LogP contribution < -0.4 is 5.73 Å². The van der Waals surface area contributed by atoms with Crippen LogP contribution in [-0.2, 0) is 37.5 Å². The quantitative estimate of drug-likeness (QED) is 0.0306. The van der Waals surface area contributed by atoms with E-state index in [4.69, 9.17) is 24.8 Å². The summed E-state index contributed by atoms with van der Waals surface area (Å²) in [6.07, 6.45) is 34.8. The summed E-state index contributed by atoms with van der Waals surface area (Å²) in [4.78, 5) is 45.7.